The lowest BCUT2D eigenvalue weighted by Gasteiger charge is -2.27. The second-order valence-electron chi connectivity index (χ2n) is 3.75. The van der Waals surface area contributed by atoms with Crippen molar-refractivity contribution in [2.75, 3.05) is 37.7 Å². The number of carbonyl (C=O) groups excluding carboxylic acids is 1. The summed E-state index contributed by atoms with van der Waals surface area (Å²) in [6.07, 6.45) is 1.11. The minimum atomic E-state index is -0.157. The van der Waals surface area contributed by atoms with Gasteiger partial charge in [0.15, 0.2) is 5.96 Å². The molecule has 0 amide bonds. The largest absolute Gasteiger partial charge is 0.466 e. The Morgan fingerprint density at radius 3 is 2.72 bits per heavy atom. The predicted octanol–water partition coefficient (Wildman–Crippen LogP) is 1.31. The van der Waals surface area contributed by atoms with Crippen LogP contribution >= 0.6 is 35.7 Å². The van der Waals surface area contributed by atoms with Crippen LogP contribution in [0.5, 0.6) is 0 Å². The van der Waals surface area contributed by atoms with Gasteiger partial charge in [0.05, 0.1) is 6.61 Å². The van der Waals surface area contributed by atoms with Gasteiger partial charge in [0.2, 0.25) is 0 Å². The van der Waals surface area contributed by atoms with Gasteiger partial charge < -0.3 is 15.4 Å². The molecular formula is C11H22IN3O2S. The fraction of sp³-hybridized carbons (Fsp3) is 0.818. The summed E-state index contributed by atoms with van der Waals surface area (Å²) in [6.45, 7) is 4.78. The zero-order valence-electron chi connectivity index (χ0n) is 10.8. The van der Waals surface area contributed by atoms with E-state index in [1.165, 1.54) is 0 Å². The Labute approximate surface area is 130 Å². The lowest BCUT2D eigenvalue weighted by Crippen LogP contribution is -2.42. The third-order valence-electron chi connectivity index (χ3n) is 2.45. The number of guanidine groups is 1. The molecule has 1 saturated heterocycles. The lowest BCUT2D eigenvalue weighted by molar-refractivity contribution is -0.143. The third-order valence-corrected chi connectivity index (χ3v) is 3.40. The number of esters is 1. The molecule has 106 valence electrons. The first-order valence-electron chi connectivity index (χ1n) is 6.02. The van der Waals surface area contributed by atoms with Gasteiger partial charge in [-0.3, -0.25) is 9.79 Å². The van der Waals surface area contributed by atoms with E-state index in [4.69, 9.17) is 10.5 Å². The Morgan fingerprint density at radius 1 is 1.44 bits per heavy atom. The standard InChI is InChI=1S/C11H21N3O2S.HI/c1-2-16-10(15)4-3-5-13-11(12)14-6-8-17-9-7-14;/h2-9H2,1H3,(H2,12,13);1H. The second-order valence-corrected chi connectivity index (χ2v) is 4.97. The van der Waals surface area contributed by atoms with E-state index in [1.54, 1.807) is 0 Å². The van der Waals surface area contributed by atoms with Crippen LogP contribution < -0.4 is 5.73 Å². The van der Waals surface area contributed by atoms with Crippen molar-refractivity contribution in [1.82, 2.24) is 4.90 Å². The van der Waals surface area contributed by atoms with E-state index < -0.39 is 0 Å². The molecule has 1 aliphatic heterocycles. The van der Waals surface area contributed by atoms with Crippen molar-refractivity contribution in [2.24, 2.45) is 10.7 Å². The monoisotopic (exact) mass is 387 g/mol. The Morgan fingerprint density at radius 2 is 2.11 bits per heavy atom. The number of hydrogen-bond donors (Lipinski definition) is 1. The smallest absolute Gasteiger partial charge is 0.305 e. The van der Waals surface area contributed by atoms with Gasteiger partial charge in [0.25, 0.3) is 0 Å². The molecule has 0 unspecified atom stereocenters. The molecule has 0 atom stereocenters. The Bertz CT molecular complexity index is 271. The highest BCUT2D eigenvalue weighted by molar-refractivity contribution is 14.0. The van der Waals surface area contributed by atoms with Crippen LogP contribution in [0.1, 0.15) is 19.8 Å². The van der Waals surface area contributed by atoms with Crippen molar-refractivity contribution >= 4 is 47.7 Å². The Hall–Kier alpha value is -0.180. The van der Waals surface area contributed by atoms with E-state index in [0.29, 0.717) is 32.0 Å². The van der Waals surface area contributed by atoms with Gasteiger partial charge in [-0.05, 0) is 13.3 Å². The number of nitrogens with zero attached hydrogens (tertiary/aromatic N) is 2. The molecule has 0 aromatic heterocycles. The van der Waals surface area contributed by atoms with Gasteiger partial charge in [0.1, 0.15) is 0 Å². The van der Waals surface area contributed by atoms with Crippen molar-refractivity contribution < 1.29 is 9.53 Å². The summed E-state index contributed by atoms with van der Waals surface area (Å²) in [5, 5.41) is 0. The summed E-state index contributed by atoms with van der Waals surface area (Å²) in [6, 6.07) is 0. The summed E-state index contributed by atoms with van der Waals surface area (Å²) in [7, 11) is 0. The van der Waals surface area contributed by atoms with Crippen molar-refractivity contribution in [2.45, 2.75) is 19.8 Å². The predicted molar refractivity (Wildman–Crippen MR) is 86.7 cm³/mol. The number of rotatable bonds is 5. The highest BCUT2D eigenvalue weighted by atomic mass is 127. The van der Waals surface area contributed by atoms with Crippen LogP contribution in [0.15, 0.2) is 4.99 Å². The highest BCUT2D eigenvalue weighted by Gasteiger charge is 2.11. The maximum absolute atomic E-state index is 11.1. The van der Waals surface area contributed by atoms with Crippen LogP contribution in [0.4, 0.5) is 0 Å². The van der Waals surface area contributed by atoms with Crippen LogP contribution in [0.2, 0.25) is 0 Å². The quantitative estimate of drug-likeness (QED) is 0.253. The van der Waals surface area contributed by atoms with Gasteiger partial charge in [-0.1, -0.05) is 0 Å². The van der Waals surface area contributed by atoms with Gasteiger partial charge >= 0.3 is 5.97 Å². The molecule has 0 aromatic carbocycles. The van der Waals surface area contributed by atoms with Crippen LogP contribution in [0.3, 0.4) is 0 Å². The molecular weight excluding hydrogens is 365 g/mol. The second kappa shape index (κ2) is 10.7. The number of carbonyl (C=O) groups is 1. The van der Waals surface area contributed by atoms with Crippen molar-refractivity contribution in [1.29, 1.82) is 0 Å². The SMILES string of the molecule is CCOC(=O)CCCN=C(N)N1CCSCC1.I. The molecule has 2 N–H and O–H groups in total. The average Bonchev–Trinajstić information content (AvgIpc) is 2.36. The van der Waals surface area contributed by atoms with E-state index in [-0.39, 0.29) is 29.9 Å². The summed E-state index contributed by atoms with van der Waals surface area (Å²) in [4.78, 5) is 17.5. The molecule has 18 heavy (non-hydrogen) atoms. The van der Waals surface area contributed by atoms with E-state index >= 15 is 0 Å². The van der Waals surface area contributed by atoms with E-state index in [9.17, 15) is 4.79 Å². The first kappa shape index (κ1) is 17.8. The number of thioether (sulfide) groups is 1. The molecule has 1 heterocycles. The molecule has 1 rings (SSSR count). The van der Waals surface area contributed by atoms with Crippen LogP contribution in [0, 0.1) is 0 Å². The zero-order valence-corrected chi connectivity index (χ0v) is 13.9. The fourth-order valence-electron chi connectivity index (χ4n) is 1.54. The van der Waals surface area contributed by atoms with Crippen LogP contribution in [-0.2, 0) is 9.53 Å². The lowest BCUT2D eigenvalue weighted by atomic mass is 10.3. The zero-order chi connectivity index (χ0) is 12.5. The number of nitrogens with two attached hydrogens (primary N) is 1. The number of aliphatic imine (C=N–C) groups is 1. The topological polar surface area (TPSA) is 67.9 Å². The fourth-order valence-corrected chi connectivity index (χ4v) is 2.45. The van der Waals surface area contributed by atoms with Gasteiger partial charge in [-0.15, -0.1) is 24.0 Å². The third kappa shape index (κ3) is 7.30. The summed E-state index contributed by atoms with van der Waals surface area (Å²) >= 11 is 1.94. The van der Waals surface area contributed by atoms with Crippen molar-refractivity contribution in [3.63, 3.8) is 0 Å². The minimum Gasteiger partial charge on any atom is -0.466 e. The normalized spacial score (nSPS) is 16.1. The van der Waals surface area contributed by atoms with Gasteiger partial charge in [-0.25, -0.2) is 0 Å². The van der Waals surface area contributed by atoms with E-state index in [2.05, 4.69) is 9.89 Å². The first-order valence-corrected chi connectivity index (χ1v) is 7.17. The summed E-state index contributed by atoms with van der Waals surface area (Å²) in [5.74, 6) is 2.67. The molecule has 0 spiro atoms. The molecule has 0 bridgehead atoms. The number of ether oxygens (including phenoxy) is 1. The van der Waals surface area contributed by atoms with Crippen LogP contribution in [-0.4, -0.2) is 54.6 Å². The molecule has 7 heteroatoms. The molecule has 0 aliphatic carbocycles. The Balaban J connectivity index is 0.00000289. The van der Waals surface area contributed by atoms with Gasteiger partial charge in [-0.2, -0.15) is 11.8 Å². The average molecular weight is 387 g/mol. The molecule has 0 aromatic rings. The highest BCUT2D eigenvalue weighted by Crippen LogP contribution is 2.08. The first-order chi connectivity index (χ1) is 8.24. The summed E-state index contributed by atoms with van der Waals surface area (Å²) < 4.78 is 4.83. The van der Waals surface area contributed by atoms with Crippen LogP contribution in [0.25, 0.3) is 0 Å². The molecule has 0 saturated carbocycles. The van der Waals surface area contributed by atoms with Crippen molar-refractivity contribution in [3.8, 4) is 0 Å². The number of halogens is 1. The molecule has 1 fully saturated rings. The van der Waals surface area contributed by atoms with Crippen molar-refractivity contribution in [3.05, 3.63) is 0 Å². The molecule has 5 nitrogen and oxygen atoms in total. The Kier molecular flexibility index (Phi) is 10.6. The van der Waals surface area contributed by atoms with E-state index in [0.717, 1.165) is 24.6 Å². The maximum atomic E-state index is 11.1. The van der Waals surface area contributed by atoms with E-state index in [1.807, 2.05) is 18.7 Å². The minimum absolute atomic E-state index is 0. The summed E-state index contributed by atoms with van der Waals surface area (Å²) in [5.41, 5.74) is 5.87. The number of hydrogen-bond acceptors (Lipinski definition) is 4. The molecule has 1 aliphatic rings. The van der Waals surface area contributed by atoms with Gasteiger partial charge in [0, 0.05) is 37.6 Å². The maximum Gasteiger partial charge on any atom is 0.305 e. The molecule has 0 radical (unpaired) electrons.